The van der Waals surface area contributed by atoms with Gasteiger partial charge in [0.25, 0.3) is 0 Å². The van der Waals surface area contributed by atoms with E-state index in [9.17, 15) is 9.90 Å². The van der Waals surface area contributed by atoms with Crippen LogP contribution in [0.1, 0.15) is 39.5 Å². The smallest absolute Gasteiger partial charge is 0.237 e. The fourth-order valence-corrected chi connectivity index (χ4v) is 4.03. The average molecular weight is 345 g/mol. The zero-order valence-electron chi connectivity index (χ0n) is 15.4. The third-order valence-electron chi connectivity index (χ3n) is 5.90. The van der Waals surface area contributed by atoms with Crippen molar-refractivity contribution in [1.29, 1.82) is 0 Å². The van der Waals surface area contributed by atoms with Gasteiger partial charge in [-0.15, -0.1) is 0 Å². The molecular formula is C20H31N3O2. The Morgan fingerprint density at radius 2 is 1.76 bits per heavy atom. The van der Waals surface area contributed by atoms with E-state index >= 15 is 0 Å². The maximum absolute atomic E-state index is 12.7. The van der Waals surface area contributed by atoms with E-state index in [1.165, 1.54) is 19.3 Å². The summed E-state index contributed by atoms with van der Waals surface area (Å²) in [5, 5.41) is 12.7. The SMILES string of the molecule is C[C@H](C(=O)N[C@H]1CCCC[C@@H]1C)N1CCN(c2ccc(O)cc2)CC1. The molecule has 1 aromatic rings. The molecule has 1 saturated heterocycles. The minimum atomic E-state index is -0.0731. The van der Waals surface area contributed by atoms with Gasteiger partial charge in [0.05, 0.1) is 6.04 Å². The molecule has 0 bridgehead atoms. The number of aromatic hydroxyl groups is 1. The second-order valence-corrected chi connectivity index (χ2v) is 7.59. The van der Waals surface area contributed by atoms with Crippen molar-refractivity contribution < 1.29 is 9.90 Å². The Morgan fingerprint density at radius 3 is 2.40 bits per heavy atom. The minimum Gasteiger partial charge on any atom is -0.508 e. The van der Waals surface area contributed by atoms with Crippen molar-refractivity contribution >= 4 is 11.6 Å². The molecule has 3 rings (SSSR count). The molecule has 1 heterocycles. The molecule has 5 heteroatoms. The molecule has 5 nitrogen and oxygen atoms in total. The van der Waals surface area contributed by atoms with Gasteiger partial charge >= 0.3 is 0 Å². The first-order chi connectivity index (χ1) is 12.0. The highest BCUT2D eigenvalue weighted by Crippen LogP contribution is 2.24. The van der Waals surface area contributed by atoms with Crippen LogP contribution in [0, 0.1) is 5.92 Å². The van der Waals surface area contributed by atoms with E-state index in [-0.39, 0.29) is 11.9 Å². The molecule has 1 amide bonds. The molecule has 3 atom stereocenters. The topological polar surface area (TPSA) is 55.8 Å². The number of phenols is 1. The van der Waals surface area contributed by atoms with Crippen LogP contribution in [0.25, 0.3) is 0 Å². The summed E-state index contributed by atoms with van der Waals surface area (Å²) in [6, 6.07) is 7.63. The summed E-state index contributed by atoms with van der Waals surface area (Å²) in [6.45, 7) is 7.86. The third-order valence-corrected chi connectivity index (χ3v) is 5.90. The highest BCUT2D eigenvalue weighted by Gasteiger charge is 2.29. The van der Waals surface area contributed by atoms with Gasteiger partial charge in [-0.25, -0.2) is 0 Å². The van der Waals surface area contributed by atoms with Crippen LogP contribution in [0.2, 0.25) is 0 Å². The molecule has 2 fully saturated rings. The fraction of sp³-hybridized carbons (Fsp3) is 0.650. The highest BCUT2D eigenvalue weighted by atomic mass is 16.3. The number of anilines is 1. The van der Waals surface area contributed by atoms with Crippen molar-refractivity contribution in [3.8, 4) is 5.75 Å². The Balaban J connectivity index is 1.49. The molecule has 0 unspecified atom stereocenters. The molecule has 1 aromatic carbocycles. The van der Waals surface area contributed by atoms with Crippen molar-refractivity contribution in [3.05, 3.63) is 24.3 Å². The zero-order chi connectivity index (χ0) is 17.8. The standard InChI is InChI=1S/C20H31N3O2/c1-15-5-3-4-6-19(15)21-20(25)16(2)22-11-13-23(14-12-22)17-7-9-18(24)10-8-17/h7-10,15-16,19,24H,3-6,11-14H2,1-2H3,(H,21,25)/t15-,16+,19-/m0/s1. The van der Waals surface area contributed by atoms with Gasteiger partial charge in [0.2, 0.25) is 5.91 Å². The Bertz CT molecular complexity index is 567. The summed E-state index contributed by atoms with van der Waals surface area (Å²) >= 11 is 0. The number of benzene rings is 1. The van der Waals surface area contributed by atoms with Crippen molar-refractivity contribution in [3.63, 3.8) is 0 Å². The Labute approximate surface area is 151 Å². The number of piperazine rings is 1. The van der Waals surface area contributed by atoms with Gasteiger partial charge in [0.15, 0.2) is 0 Å². The van der Waals surface area contributed by atoms with Crippen LogP contribution < -0.4 is 10.2 Å². The maximum Gasteiger partial charge on any atom is 0.237 e. The van der Waals surface area contributed by atoms with Gasteiger partial charge in [0, 0.05) is 37.9 Å². The van der Waals surface area contributed by atoms with Crippen molar-refractivity contribution in [2.45, 2.75) is 51.6 Å². The number of hydrogen-bond donors (Lipinski definition) is 2. The lowest BCUT2D eigenvalue weighted by molar-refractivity contribution is -0.127. The molecule has 0 aromatic heterocycles. The highest BCUT2D eigenvalue weighted by molar-refractivity contribution is 5.81. The van der Waals surface area contributed by atoms with E-state index < -0.39 is 0 Å². The monoisotopic (exact) mass is 345 g/mol. The summed E-state index contributed by atoms with van der Waals surface area (Å²) in [7, 11) is 0. The third kappa shape index (κ3) is 4.46. The Hall–Kier alpha value is -1.75. The zero-order valence-corrected chi connectivity index (χ0v) is 15.4. The van der Waals surface area contributed by atoms with E-state index in [1.54, 1.807) is 12.1 Å². The maximum atomic E-state index is 12.7. The van der Waals surface area contributed by atoms with Crippen molar-refractivity contribution in [2.24, 2.45) is 5.92 Å². The predicted molar refractivity (Wildman–Crippen MR) is 101 cm³/mol. The number of hydrogen-bond acceptors (Lipinski definition) is 4. The van der Waals surface area contributed by atoms with E-state index in [4.69, 9.17) is 0 Å². The molecule has 2 aliphatic rings. The molecule has 0 spiro atoms. The Kier molecular flexibility index (Phi) is 5.84. The van der Waals surface area contributed by atoms with Crippen molar-refractivity contribution in [2.75, 3.05) is 31.1 Å². The Morgan fingerprint density at radius 1 is 1.12 bits per heavy atom. The number of amides is 1. The molecule has 2 N–H and O–H groups in total. The van der Waals surface area contributed by atoms with Gasteiger partial charge in [-0.1, -0.05) is 19.8 Å². The summed E-state index contributed by atoms with van der Waals surface area (Å²) in [4.78, 5) is 17.2. The van der Waals surface area contributed by atoms with Gasteiger partial charge in [-0.05, 0) is 49.9 Å². The number of rotatable bonds is 4. The average Bonchev–Trinajstić information content (AvgIpc) is 2.64. The predicted octanol–water partition coefficient (Wildman–Crippen LogP) is 2.60. The largest absolute Gasteiger partial charge is 0.508 e. The van der Waals surface area contributed by atoms with Crippen LogP contribution >= 0.6 is 0 Å². The molecule has 0 radical (unpaired) electrons. The normalized spacial score (nSPS) is 26.2. The second-order valence-electron chi connectivity index (χ2n) is 7.59. The van der Waals surface area contributed by atoms with Gasteiger partial charge < -0.3 is 15.3 Å². The van der Waals surface area contributed by atoms with Gasteiger partial charge in [-0.3, -0.25) is 9.69 Å². The quantitative estimate of drug-likeness (QED) is 0.881. The number of nitrogens with one attached hydrogen (secondary N) is 1. The molecule has 25 heavy (non-hydrogen) atoms. The lowest BCUT2D eigenvalue weighted by Gasteiger charge is -2.39. The molecule has 1 aliphatic carbocycles. The van der Waals surface area contributed by atoms with Crippen LogP contribution in [-0.2, 0) is 4.79 Å². The molecule has 1 saturated carbocycles. The lowest BCUT2D eigenvalue weighted by atomic mass is 9.86. The first-order valence-electron chi connectivity index (χ1n) is 9.63. The van der Waals surface area contributed by atoms with Crippen LogP contribution in [0.4, 0.5) is 5.69 Å². The van der Waals surface area contributed by atoms with Crippen LogP contribution in [0.5, 0.6) is 5.75 Å². The lowest BCUT2D eigenvalue weighted by Crippen LogP contribution is -2.55. The van der Waals surface area contributed by atoms with Crippen LogP contribution in [0.15, 0.2) is 24.3 Å². The molecule has 138 valence electrons. The van der Waals surface area contributed by atoms with E-state index in [0.29, 0.717) is 17.7 Å². The number of carbonyl (C=O) groups is 1. The minimum absolute atomic E-state index is 0.0731. The van der Waals surface area contributed by atoms with Gasteiger partial charge in [-0.2, -0.15) is 0 Å². The van der Waals surface area contributed by atoms with E-state index in [2.05, 4.69) is 22.0 Å². The summed E-state index contributed by atoms with van der Waals surface area (Å²) in [5.74, 6) is 1.07. The molecular weight excluding hydrogens is 314 g/mol. The fourth-order valence-electron chi connectivity index (χ4n) is 4.03. The number of phenolic OH excluding ortho intramolecular Hbond substituents is 1. The molecule has 1 aliphatic heterocycles. The first kappa shape index (κ1) is 18.1. The van der Waals surface area contributed by atoms with Gasteiger partial charge in [0.1, 0.15) is 5.75 Å². The van der Waals surface area contributed by atoms with Crippen LogP contribution in [0.3, 0.4) is 0 Å². The summed E-state index contributed by atoms with van der Waals surface area (Å²) in [5.41, 5.74) is 1.13. The van der Waals surface area contributed by atoms with E-state index in [0.717, 1.165) is 38.3 Å². The summed E-state index contributed by atoms with van der Waals surface area (Å²) in [6.07, 6.45) is 4.87. The number of carbonyl (C=O) groups excluding carboxylic acids is 1. The van der Waals surface area contributed by atoms with Crippen molar-refractivity contribution in [1.82, 2.24) is 10.2 Å². The summed E-state index contributed by atoms with van der Waals surface area (Å²) < 4.78 is 0. The number of nitrogens with zero attached hydrogens (tertiary/aromatic N) is 2. The second kappa shape index (κ2) is 8.09. The van der Waals surface area contributed by atoms with E-state index in [1.807, 2.05) is 19.1 Å². The van der Waals surface area contributed by atoms with Crippen LogP contribution in [-0.4, -0.2) is 54.2 Å². The first-order valence-corrected chi connectivity index (χ1v) is 9.63.